The van der Waals surface area contributed by atoms with Crippen molar-refractivity contribution in [2.24, 2.45) is 4.99 Å². The molecule has 5 heteroatoms. The van der Waals surface area contributed by atoms with Crippen molar-refractivity contribution >= 4 is 11.9 Å². The van der Waals surface area contributed by atoms with E-state index >= 15 is 0 Å². The fourth-order valence-corrected chi connectivity index (χ4v) is 3.05. The Labute approximate surface area is 134 Å². The van der Waals surface area contributed by atoms with E-state index < -0.39 is 11.3 Å². The summed E-state index contributed by atoms with van der Waals surface area (Å²) in [5.74, 6) is 1.38. The van der Waals surface area contributed by atoms with Crippen LogP contribution in [0.1, 0.15) is 25.0 Å². The summed E-state index contributed by atoms with van der Waals surface area (Å²) >= 11 is 0. The second-order valence-corrected chi connectivity index (χ2v) is 6.31. The van der Waals surface area contributed by atoms with Crippen LogP contribution in [0.2, 0.25) is 0 Å². The van der Waals surface area contributed by atoms with Crippen molar-refractivity contribution < 1.29 is 14.6 Å². The maximum atomic E-state index is 10.9. The molecule has 0 saturated carbocycles. The summed E-state index contributed by atoms with van der Waals surface area (Å²) in [7, 11) is 0. The molecule has 23 heavy (non-hydrogen) atoms. The number of hydrogen-bond acceptors (Lipinski definition) is 5. The molecular formula is C18H18N2O3. The van der Waals surface area contributed by atoms with Gasteiger partial charge in [-0.05, 0) is 32.0 Å². The molecule has 0 aromatic heterocycles. The molecule has 0 radical (unpaired) electrons. The Bertz CT molecular complexity index is 795. The van der Waals surface area contributed by atoms with Crippen LogP contribution in [0.25, 0.3) is 0 Å². The van der Waals surface area contributed by atoms with Gasteiger partial charge < -0.3 is 19.9 Å². The first-order chi connectivity index (χ1) is 11.0. The minimum atomic E-state index is -1.13. The summed E-state index contributed by atoms with van der Waals surface area (Å²) in [6, 6.07) is 13.5. The second-order valence-electron chi connectivity index (χ2n) is 6.31. The van der Waals surface area contributed by atoms with E-state index in [1.807, 2.05) is 42.5 Å². The summed E-state index contributed by atoms with van der Waals surface area (Å²) in [5, 5.41) is 14.3. The maximum Gasteiger partial charge on any atom is 0.231 e. The number of anilines is 1. The second kappa shape index (κ2) is 4.73. The molecule has 1 unspecified atom stereocenters. The first-order valence-electron chi connectivity index (χ1n) is 7.55. The number of aliphatic hydroxyl groups is 1. The van der Waals surface area contributed by atoms with E-state index in [4.69, 9.17) is 9.47 Å². The molecule has 0 spiro atoms. The Morgan fingerprint density at radius 2 is 1.91 bits per heavy atom. The predicted molar refractivity (Wildman–Crippen MR) is 88.2 cm³/mol. The van der Waals surface area contributed by atoms with Gasteiger partial charge in [0.25, 0.3) is 0 Å². The molecule has 1 atom stereocenters. The van der Waals surface area contributed by atoms with Gasteiger partial charge in [-0.15, -0.1) is 0 Å². The van der Waals surface area contributed by atoms with Gasteiger partial charge in [0.1, 0.15) is 5.60 Å². The van der Waals surface area contributed by atoms with Gasteiger partial charge >= 0.3 is 0 Å². The lowest BCUT2D eigenvalue weighted by molar-refractivity contribution is 0.00935. The monoisotopic (exact) mass is 310 g/mol. The molecule has 2 heterocycles. The number of aliphatic imine (C=N–C) groups is 1. The predicted octanol–water partition coefficient (Wildman–Crippen LogP) is 2.88. The van der Waals surface area contributed by atoms with E-state index in [0.717, 1.165) is 16.8 Å². The molecule has 0 amide bonds. The Kier molecular flexibility index (Phi) is 2.90. The number of hydrogen-bond donors (Lipinski definition) is 2. The Balaban J connectivity index is 1.87. The minimum absolute atomic E-state index is 0.216. The molecule has 2 aromatic carbocycles. The van der Waals surface area contributed by atoms with Crippen molar-refractivity contribution in [2.75, 3.05) is 12.1 Å². The standard InChI is InChI=1S/C18H18N2O3/c1-17(2,21)18(13-7-8-15-16(9-13)23-11-22-15)19-10-12-5-3-4-6-14(12)20-18/h3-10,20-21H,11H2,1-2H3. The third kappa shape index (κ3) is 2.08. The number of benzene rings is 2. The van der Waals surface area contributed by atoms with Crippen LogP contribution in [-0.4, -0.2) is 23.7 Å². The largest absolute Gasteiger partial charge is 0.454 e. The minimum Gasteiger partial charge on any atom is -0.454 e. The van der Waals surface area contributed by atoms with E-state index in [1.54, 1.807) is 20.1 Å². The summed E-state index contributed by atoms with van der Waals surface area (Å²) in [6.45, 7) is 3.71. The van der Waals surface area contributed by atoms with Crippen LogP contribution in [0.5, 0.6) is 11.5 Å². The molecule has 2 aliphatic rings. The van der Waals surface area contributed by atoms with Crippen molar-refractivity contribution in [3.05, 3.63) is 53.6 Å². The van der Waals surface area contributed by atoms with Gasteiger partial charge in [-0.2, -0.15) is 0 Å². The van der Waals surface area contributed by atoms with Crippen LogP contribution in [-0.2, 0) is 5.66 Å². The van der Waals surface area contributed by atoms with Gasteiger partial charge in [0.05, 0.1) is 0 Å². The van der Waals surface area contributed by atoms with Crippen LogP contribution in [0, 0.1) is 0 Å². The Morgan fingerprint density at radius 1 is 1.13 bits per heavy atom. The molecule has 4 rings (SSSR count). The summed E-state index contributed by atoms with van der Waals surface area (Å²) in [5.41, 5.74) is 0.614. The molecular weight excluding hydrogens is 292 g/mol. The van der Waals surface area contributed by atoms with Crippen molar-refractivity contribution in [2.45, 2.75) is 25.1 Å². The van der Waals surface area contributed by atoms with E-state index in [-0.39, 0.29) is 6.79 Å². The Hall–Kier alpha value is -2.53. The highest BCUT2D eigenvalue weighted by molar-refractivity contribution is 5.90. The zero-order valence-electron chi connectivity index (χ0n) is 13.0. The van der Waals surface area contributed by atoms with E-state index in [0.29, 0.717) is 11.5 Å². The number of fused-ring (bicyclic) bond motifs is 2. The van der Waals surface area contributed by atoms with Crippen LogP contribution in [0.3, 0.4) is 0 Å². The van der Waals surface area contributed by atoms with Gasteiger partial charge in [-0.25, -0.2) is 0 Å². The molecule has 0 saturated heterocycles. The first kappa shape index (κ1) is 14.1. The van der Waals surface area contributed by atoms with Crippen LogP contribution >= 0.6 is 0 Å². The van der Waals surface area contributed by atoms with E-state index in [2.05, 4.69) is 10.3 Å². The molecule has 2 aromatic rings. The number of nitrogens with one attached hydrogen (secondary N) is 1. The SMILES string of the molecule is CC(C)(O)C1(c2ccc3c(c2)OCO3)N=Cc2ccccc2N1. The van der Waals surface area contributed by atoms with E-state index in [1.165, 1.54) is 0 Å². The first-order valence-corrected chi connectivity index (χ1v) is 7.55. The highest BCUT2D eigenvalue weighted by Crippen LogP contribution is 2.44. The smallest absolute Gasteiger partial charge is 0.231 e. The third-order valence-corrected chi connectivity index (χ3v) is 4.35. The highest BCUT2D eigenvalue weighted by Gasteiger charge is 2.47. The fourth-order valence-electron chi connectivity index (χ4n) is 3.05. The third-order valence-electron chi connectivity index (χ3n) is 4.35. The van der Waals surface area contributed by atoms with Crippen molar-refractivity contribution in [1.82, 2.24) is 0 Å². The highest BCUT2D eigenvalue weighted by atomic mass is 16.7. The summed E-state index contributed by atoms with van der Waals surface area (Å²) in [6.07, 6.45) is 1.80. The normalized spacial score (nSPS) is 21.7. The lowest BCUT2D eigenvalue weighted by atomic mass is 9.83. The topological polar surface area (TPSA) is 63.1 Å². The van der Waals surface area contributed by atoms with Crippen LogP contribution in [0.4, 0.5) is 5.69 Å². The van der Waals surface area contributed by atoms with Gasteiger partial charge in [-0.3, -0.25) is 4.99 Å². The van der Waals surface area contributed by atoms with Gasteiger partial charge in [0.2, 0.25) is 6.79 Å². The summed E-state index contributed by atoms with van der Waals surface area (Å²) < 4.78 is 10.8. The fraction of sp³-hybridized carbons (Fsp3) is 0.278. The Morgan fingerprint density at radius 3 is 2.74 bits per heavy atom. The van der Waals surface area contributed by atoms with Gasteiger partial charge in [-0.1, -0.05) is 24.3 Å². The maximum absolute atomic E-state index is 10.9. The number of ether oxygens (including phenoxy) is 2. The zero-order chi connectivity index (χ0) is 16.1. The van der Waals surface area contributed by atoms with Gasteiger partial charge in [0.15, 0.2) is 17.2 Å². The molecule has 0 aliphatic carbocycles. The summed E-state index contributed by atoms with van der Waals surface area (Å²) in [4.78, 5) is 4.69. The van der Waals surface area contributed by atoms with Crippen LogP contribution in [0.15, 0.2) is 47.5 Å². The number of para-hydroxylation sites is 1. The number of nitrogens with zero attached hydrogens (tertiary/aromatic N) is 1. The number of rotatable bonds is 2. The van der Waals surface area contributed by atoms with Crippen LogP contribution < -0.4 is 14.8 Å². The van der Waals surface area contributed by atoms with Crippen molar-refractivity contribution in [3.63, 3.8) is 0 Å². The molecule has 5 nitrogen and oxygen atoms in total. The van der Waals surface area contributed by atoms with Crippen molar-refractivity contribution in [1.29, 1.82) is 0 Å². The molecule has 0 bridgehead atoms. The molecule has 2 aliphatic heterocycles. The van der Waals surface area contributed by atoms with E-state index in [9.17, 15) is 5.11 Å². The molecule has 0 fully saturated rings. The quantitative estimate of drug-likeness (QED) is 0.895. The lowest BCUT2D eigenvalue weighted by Gasteiger charge is -2.43. The average molecular weight is 310 g/mol. The lowest BCUT2D eigenvalue weighted by Crippen LogP contribution is -2.53. The molecule has 118 valence electrons. The molecule has 2 N–H and O–H groups in total. The zero-order valence-corrected chi connectivity index (χ0v) is 13.0. The van der Waals surface area contributed by atoms with Gasteiger partial charge in [0, 0.05) is 23.0 Å². The average Bonchev–Trinajstić information content (AvgIpc) is 3.00. The van der Waals surface area contributed by atoms with Crippen molar-refractivity contribution in [3.8, 4) is 11.5 Å².